The molecule has 1 nitrogen and oxygen atoms in total. The number of aryl methyl sites for hydroxylation is 1. The van der Waals surface area contributed by atoms with Gasteiger partial charge in [-0.15, -0.1) is 11.3 Å². The molecular weight excluding hydrogens is 332 g/mol. The minimum absolute atomic E-state index is 0.256. The average molecular weight is 355 g/mol. The molecule has 4 aliphatic rings. The van der Waals surface area contributed by atoms with Crippen molar-refractivity contribution in [2.75, 3.05) is 0 Å². The van der Waals surface area contributed by atoms with E-state index in [-0.39, 0.29) is 6.10 Å². The first-order valence-electron chi connectivity index (χ1n) is 7.97. The first kappa shape index (κ1) is 13.8. The second-order valence-electron chi connectivity index (χ2n) is 7.70. The van der Waals surface area contributed by atoms with Crippen molar-refractivity contribution in [2.24, 2.45) is 23.2 Å². The van der Waals surface area contributed by atoms with Crippen LogP contribution in [0.25, 0.3) is 0 Å². The molecule has 3 heteroatoms. The lowest BCUT2D eigenvalue weighted by Crippen LogP contribution is -2.46. The Morgan fingerprint density at radius 1 is 1.25 bits per heavy atom. The highest BCUT2D eigenvalue weighted by molar-refractivity contribution is 9.11. The summed E-state index contributed by atoms with van der Waals surface area (Å²) in [6.45, 7) is 2.13. The average Bonchev–Trinajstić information content (AvgIpc) is 2.66. The van der Waals surface area contributed by atoms with Crippen molar-refractivity contribution in [2.45, 2.75) is 58.0 Å². The molecule has 110 valence electrons. The molecule has 0 aromatic carbocycles. The first-order chi connectivity index (χ1) is 9.53. The van der Waals surface area contributed by atoms with Gasteiger partial charge in [-0.25, -0.2) is 0 Å². The predicted octanol–water partition coefficient (Wildman–Crippen LogP) is 5.46. The lowest BCUT2D eigenvalue weighted by Gasteiger charge is -2.57. The van der Waals surface area contributed by atoms with Crippen molar-refractivity contribution in [3.8, 4) is 0 Å². The van der Waals surface area contributed by atoms with Crippen LogP contribution >= 0.6 is 27.3 Å². The van der Waals surface area contributed by atoms with Crippen LogP contribution in [-0.2, 0) is 0 Å². The quantitative estimate of drug-likeness (QED) is 0.763. The molecular formula is C17H23BrOS. The monoisotopic (exact) mass is 354 g/mol. The molecule has 0 radical (unpaired) electrons. The molecule has 20 heavy (non-hydrogen) atoms. The molecule has 0 saturated heterocycles. The van der Waals surface area contributed by atoms with Gasteiger partial charge in [0.25, 0.3) is 0 Å². The molecule has 0 spiro atoms. The fraction of sp³-hybridized carbons (Fsp3) is 0.765. The third-order valence-electron chi connectivity index (χ3n) is 6.08. The van der Waals surface area contributed by atoms with Gasteiger partial charge in [0.1, 0.15) is 0 Å². The topological polar surface area (TPSA) is 20.2 Å². The lowest BCUT2D eigenvalue weighted by molar-refractivity contribution is -0.0764. The van der Waals surface area contributed by atoms with Gasteiger partial charge in [0, 0.05) is 4.88 Å². The van der Waals surface area contributed by atoms with Crippen molar-refractivity contribution in [3.63, 3.8) is 0 Å². The van der Waals surface area contributed by atoms with Crippen LogP contribution in [0.5, 0.6) is 0 Å². The van der Waals surface area contributed by atoms with Gasteiger partial charge in [0.15, 0.2) is 0 Å². The van der Waals surface area contributed by atoms with Gasteiger partial charge in [0.2, 0.25) is 0 Å². The Labute approximate surface area is 133 Å². The molecule has 4 bridgehead atoms. The lowest BCUT2D eigenvalue weighted by atomic mass is 9.48. The smallest absolute Gasteiger partial charge is 0.0806 e. The summed E-state index contributed by atoms with van der Waals surface area (Å²) in [6.07, 6.45) is 9.37. The van der Waals surface area contributed by atoms with E-state index in [4.69, 9.17) is 0 Å². The van der Waals surface area contributed by atoms with Crippen LogP contribution in [0.15, 0.2) is 9.85 Å². The van der Waals surface area contributed by atoms with E-state index < -0.39 is 0 Å². The number of rotatable bonds is 3. The second kappa shape index (κ2) is 4.82. The molecule has 1 atom stereocenters. The third kappa shape index (κ3) is 2.30. The highest BCUT2D eigenvalue weighted by Crippen LogP contribution is 2.62. The van der Waals surface area contributed by atoms with Gasteiger partial charge >= 0.3 is 0 Å². The molecule has 1 unspecified atom stereocenters. The molecule has 4 saturated carbocycles. The molecule has 5 rings (SSSR count). The van der Waals surface area contributed by atoms with Crippen LogP contribution in [0.3, 0.4) is 0 Å². The van der Waals surface area contributed by atoms with Crippen molar-refractivity contribution < 1.29 is 5.11 Å². The first-order valence-corrected chi connectivity index (χ1v) is 9.58. The Morgan fingerprint density at radius 3 is 2.25 bits per heavy atom. The zero-order valence-electron chi connectivity index (χ0n) is 12.1. The summed E-state index contributed by atoms with van der Waals surface area (Å²) < 4.78 is 1.15. The van der Waals surface area contributed by atoms with Gasteiger partial charge in [0.05, 0.1) is 9.89 Å². The number of thiophene rings is 1. The van der Waals surface area contributed by atoms with E-state index in [1.54, 1.807) is 11.3 Å². The van der Waals surface area contributed by atoms with E-state index in [1.165, 1.54) is 43.4 Å². The van der Waals surface area contributed by atoms with E-state index in [0.29, 0.717) is 5.41 Å². The van der Waals surface area contributed by atoms with Crippen molar-refractivity contribution in [3.05, 3.63) is 20.3 Å². The number of aliphatic hydroxyl groups excluding tert-OH is 1. The normalized spacial score (nSPS) is 40.2. The van der Waals surface area contributed by atoms with E-state index in [2.05, 4.69) is 28.9 Å². The molecule has 1 heterocycles. The summed E-state index contributed by atoms with van der Waals surface area (Å²) in [5, 5.41) is 10.8. The molecule has 1 aromatic rings. The van der Waals surface area contributed by atoms with Crippen LogP contribution in [0, 0.1) is 30.1 Å². The number of hydrogen-bond acceptors (Lipinski definition) is 2. The molecule has 0 aliphatic heterocycles. The SMILES string of the molecule is Cc1sc(Br)cc1C(O)CC12CC3CC(CC(C3)C1)C2. The van der Waals surface area contributed by atoms with Crippen molar-refractivity contribution in [1.82, 2.24) is 0 Å². The Morgan fingerprint density at radius 2 is 1.80 bits per heavy atom. The summed E-state index contributed by atoms with van der Waals surface area (Å²) in [5.74, 6) is 2.93. The minimum atomic E-state index is -0.256. The third-order valence-corrected chi connectivity index (χ3v) is 7.65. The summed E-state index contributed by atoms with van der Waals surface area (Å²) in [7, 11) is 0. The molecule has 4 aliphatic carbocycles. The maximum absolute atomic E-state index is 10.8. The second-order valence-corrected chi connectivity index (χ2v) is 10.3. The highest BCUT2D eigenvalue weighted by Gasteiger charge is 2.51. The highest BCUT2D eigenvalue weighted by atomic mass is 79.9. The summed E-state index contributed by atoms with van der Waals surface area (Å²) >= 11 is 5.30. The van der Waals surface area contributed by atoms with Crippen LogP contribution in [-0.4, -0.2) is 5.11 Å². The van der Waals surface area contributed by atoms with Crippen LogP contribution in [0.1, 0.15) is 61.5 Å². The van der Waals surface area contributed by atoms with Crippen molar-refractivity contribution >= 4 is 27.3 Å². The van der Waals surface area contributed by atoms with Crippen molar-refractivity contribution in [1.29, 1.82) is 0 Å². The van der Waals surface area contributed by atoms with Gasteiger partial charge in [-0.3, -0.25) is 0 Å². The van der Waals surface area contributed by atoms with E-state index >= 15 is 0 Å². The van der Waals surface area contributed by atoms with Gasteiger partial charge in [-0.1, -0.05) is 0 Å². The maximum atomic E-state index is 10.8. The van der Waals surface area contributed by atoms with E-state index in [9.17, 15) is 5.11 Å². The fourth-order valence-corrected chi connectivity index (χ4v) is 7.62. The van der Waals surface area contributed by atoms with Gasteiger partial charge in [-0.05, 0) is 103 Å². The predicted molar refractivity (Wildman–Crippen MR) is 86.9 cm³/mol. The molecule has 0 amide bonds. The van der Waals surface area contributed by atoms with Crippen LogP contribution in [0.4, 0.5) is 0 Å². The van der Waals surface area contributed by atoms with Crippen LogP contribution in [0.2, 0.25) is 0 Å². The summed E-state index contributed by atoms with van der Waals surface area (Å²) in [5.41, 5.74) is 1.63. The minimum Gasteiger partial charge on any atom is -0.388 e. The Kier molecular flexibility index (Phi) is 3.32. The summed E-state index contributed by atoms with van der Waals surface area (Å²) in [6, 6.07) is 2.13. The Bertz CT molecular complexity index is 486. The number of aliphatic hydroxyl groups is 1. The molecule has 1 N–H and O–H groups in total. The van der Waals surface area contributed by atoms with E-state index in [1.807, 2.05) is 0 Å². The zero-order valence-corrected chi connectivity index (χ0v) is 14.5. The maximum Gasteiger partial charge on any atom is 0.0806 e. The molecule has 1 aromatic heterocycles. The fourth-order valence-electron chi connectivity index (χ4n) is 5.85. The van der Waals surface area contributed by atoms with E-state index in [0.717, 1.165) is 33.5 Å². The summed E-state index contributed by atoms with van der Waals surface area (Å²) in [4.78, 5) is 1.27. The zero-order chi connectivity index (χ0) is 13.9. The Balaban J connectivity index is 1.55. The van der Waals surface area contributed by atoms with Crippen LogP contribution < -0.4 is 0 Å². The number of hydrogen-bond donors (Lipinski definition) is 1. The van der Waals surface area contributed by atoms with Gasteiger partial charge < -0.3 is 5.11 Å². The standard InChI is InChI=1S/C17H23BrOS/c1-10-14(5-16(18)20-10)15(19)9-17-6-11-2-12(7-17)4-13(3-11)8-17/h5,11-13,15,19H,2-4,6-9H2,1H3. The largest absolute Gasteiger partial charge is 0.388 e. The van der Waals surface area contributed by atoms with Gasteiger partial charge in [-0.2, -0.15) is 0 Å². The number of halogens is 1. The Hall–Kier alpha value is 0.140. The molecule has 4 fully saturated rings.